The van der Waals surface area contributed by atoms with Gasteiger partial charge in [-0.2, -0.15) is 0 Å². The Bertz CT molecular complexity index is 258. The maximum atomic E-state index is 12.8. The first-order valence-corrected chi connectivity index (χ1v) is 5.17. The molecule has 12 heavy (non-hydrogen) atoms. The van der Waals surface area contributed by atoms with E-state index in [2.05, 4.69) is 13.8 Å². The van der Waals surface area contributed by atoms with Gasteiger partial charge in [0.15, 0.2) is 0 Å². The lowest BCUT2D eigenvalue weighted by atomic mass is 10.2. The minimum Gasteiger partial charge on any atom is -0.207 e. The van der Waals surface area contributed by atoms with Crippen molar-refractivity contribution in [1.82, 2.24) is 0 Å². The van der Waals surface area contributed by atoms with Crippen LogP contribution in [0.3, 0.4) is 0 Å². The molecule has 0 saturated carbocycles. The van der Waals surface area contributed by atoms with Crippen molar-refractivity contribution in [2.45, 2.75) is 25.2 Å². The molecule has 0 bridgehead atoms. The molecule has 66 valence electrons. The third kappa shape index (κ3) is 2.24. The summed E-state index contributed by atoms with van der Waals surface area (Å²) in [7, 11) is 0. The van der Waals surface area contributed by atoms with Gasteiger partial charge in [0.25, 0.3) is 0 Å². The van der Waals surface area contributed by atoms with Gasteiger partial charge in [-0.3, -0.25) is 0 Å². The van der Waals surface area contributed by atoms with E-state index < -0.39 is 0 Å². The number of hydrogen-bond acceptors (Lipinski definition) is 1. The van der Waals surface area contributed by atoms with Crippen LogP contribution in [-0.4, -0.2) is 5.75 Å². The number of thioether (sulfide) groups is 1. The van der Waals surface area contributed by atoms with Crippen LogP contribution in [0.5, 0.6) is 0 Å². The van der Waals surface area contributed by atoms with Crippen molar-refractivity contribution in [3.05, 3.63) is 29.6 Å². The zero-order valence-corrected chi connectivity index (χ0v) is 8.25. The van der Waals surface area contributed by atoms with E-state index >= 15 is 0 Å². The first-order valence-electron chi connectivity index (χ1n) is 4.19. The van der Waals surface area contributed by atoms with Gasteiger partial charge in [-0.1, -0.05) is 19.9 Å². The van der Waals surface area contributed by atoms with Crippen molar-refractivity contribution in [3.8, 4) is 0 Å². The van der Waals surface area contributed by atoms with Gasteiger partial charge in [0.2, 0.25) is 0 Å². The van der Waals surface area contributed by atoms with Gasteiger partial charge in [-0.25, -0.2) is 4.39 Å². The zero-order valence-electron chi connectivity index (χ0n) is 7.43. The van der Waals surface area contributed by atoms with Gasteiger partial charge in [-0.05, 0) is 29.9 Å². The molecule has 0 aliphatic rings. The average Bonchev–Trinajstić information content (AvgIpc) is 2.05. The van der Waals surface area contributed by atoms with Crippen molar-refractivity contribution in [2.75, 3.05) is 5.75 Å². The molecule has 0 atom stereocenters. The molecule has 0 heterocycles. The molecule has 0 aliphatic carbocycles. The zero-order chi connectivity index (χ0) is 8.97. The second-order valence-electron chi connectivity index (χ2n) is 2.54. The molecule has 0 spiro atoms. The molecule has 0 unspecified atom stereocenters. The van der Waals surface area contributed by atoms with E-state index in [0.717, 1.165) is 17.1 Å². The molecule has 0 radical (unpaired) electrons. The number of benzene rings is 1. The highest BCUT2D eigenvalue weighted by Gasteiger charge is 2.01. The standard InChI is InChI=1S/C10H13FS/c1-3-8-5-6-9(11)7-10(8)12-4-2/h5-7H,3-4H2,1-2H3. The summed E-state index contributed by atoms with van der Waals surface area (Å²) in [4.78, 5) is 1.08. The molecule has 0 aromatic heterocycles. The van der Waals surface area contributed by atoms with Crippen LogP contribution in [0.4, 0.5) is 4.39 Å². The monoisotopic (exact) mass is 184 g/mol. The average molecular weight is 184 g/mol. The third-order valence-electron chi connectivity index (χ3n) is 1.71. The van der Waals surface area contributed by atoms with Crippen LogP contribution in [0.2, 0.25) is 0 Å². The fourth-order valence-electron chi connectivity index (χ4n) is 1.11. The molecule has 1 rings (SSSR count). The Labute approximate surface area is 77.2 Å². The predicted molar refractivity (Wildman–Crippen MR) is 52.2 cm³/mol. The molecule has 2 heteroatoms. The van der Waals surface area contributed by atoms with Gasteiger partial charge in [0.05, 0.1) is 0 Å². The van der Waals surface area contributed by atoms with E-state index in [1.165, 1.54) is 11.6 Å². The van der Waals surface area contributed by atoms with Crippen LogP contribution in [-0.2, 0) is 6.42 Å². The van der Waals surface area contributed by atoms with Crippen molar-refractivity contribution in [1.29, 1.82) is 0 Å². The summed E-state index contributed by atoms with van der Waals surface area (Å²) in [6.45, 7) is 4.17. The summed E-state index contributed by atoms with van der Waals surface area (Å²) >= 11 is 1.70. The molecule has 0 aliphatic heterocycles. The number of halogens is 1. The lowest BCUT2D eigenvalue weighted by Gasteiger charge is -2.05. The Morgan fingerprint density at radius 2 is 2.08 bits per heavy atom. The Kier molecular flexibility index (Phi) is 3.60. The minimum absolute atomic E-state index is 0.136. The Morgan fingerprint density at radius 1 is 1.33 bits per heavy atom. The Morgan fingerprint density at radius 3 is 2.67 bits per heavy atom. The summed E-state index contributed by atoms with van der Waals surface area (Å²) in [5.74, 6) is 0.861. The van der Waals surface area contributed by atoms with Gasteiger partial charge in [0, 0.05) is 4.90 Å². The van der Waals surface area contributed by atoms with Crippen LogP contribution in [0.15, 0.2) is 23.1 Å². The molecule has 1 aromatic carbocycles. The second kappa shape index (κ2) is 4.51. The summed E-state index contributed by atoms with van der Waals surface area (Å²) in [5, 5.41) is 0. The van der Waals surface area contributed by atoms with Crippen molar-refractivity contribution >= 4 is 11.8 Å². The van der Waals surface area contributed by atoms with Crippen LogP contribution >= 0.6 is 11.8 Å². The van der Waals surface area contributed by atoms with E-state index in [1.807, 2.05) is 6.07 Å². The summed E-state index contributed by atoms with van der Waals surface area (Å²) < 4.78 is 12.8. The van der Waals surface area contributed by atoms with E-state index in [-0.39, 0.29) is 5.82 Å². The van der Waals surface area contributed by atoms with Gasteiger partial charge in [-0.15, -0.1) is 11.8 Å². The highest BCUT2D eigenvalue weighted by Crippen LogP contribution is 2.23. The summed E-state index contributed by atoms with van der Waals surface area (Å²) in [6.07, 6.45) is 0.975. The topological polar surface area (TPSA) is 0 Å². The van der Waals surface area contributed by atoms with Crippen molar-refractivity contribution in [3.63, 3.8) is 0 Å². The molecular formula is C10H13FS. The molecule has 0 nitrogen and oxygen atoms in total. The lowest BCUT2D eigenvalue weighted by Crippen LogP contribution is -1.87. The van der Waals surface area contributed by atoms with Gasteiger partial charge >= 0.3 is 0 Å². The molecular weight excluding hydrogens is 171 g/mol. The number of rotatable bonds is 3. The normalized spacial score (nSPS) is 10.2. The number of aryl methyl sites for hydroxylation is 1. The SMILES string of the molecule is CCSc1cc(F)ccc1CC. The van der Waals surface area contributed by atoms with Crippen LogP contribution in [0.1, 0.15) is 19.4 Å². The third-order valence-corrected chi connectivity index (χ3v) is 2.69. The van der Waals surface area contributed by atoms with Crippen molar-refractivity contribution < 1.29 is 4.39 Å². The molecule has 0 fully saturated rings. The Hall–Kier alpha value is -0.500. The second-order valence-corrected chi connectivity index (χ2v) is 3.84. The van der Waals surface area contributed by atoms with Crippen LogP contribution in [0, 0.1) is 5.82 Å². The molecule has 0 amide bonds. The van der Waals surface area contributed by atoms with Gasteiger partial charge < -0.3 is 0 Å². The smallest absolute Gasteiger partial charge is 0.124 e. The molecule has 0 saturated heterocycles. The maximum absolute atomic E-state index is 12.8. The van der Waals surface area contributed by atoms with E-state index in [9.17, 15) is 4.39 Å². The van der Waals surface area contributed by atoms with Gasteiger partial charge in [0.1, 0.15) is 5.82 Å². The highest BCUT2D eigenvalue weighted by atomic mass is 32.2. The summed E-state index contributed by atoms with van der Waals surface area (Å²) in [5.41, 5.74) is 1.24. The largest absolute Gasteiger partial charge is 0.207 e. The minimum atomic E-state index is -0.136. The molecule has 1 aromatic rings. The first kappa shape index (κ1) is 9.59. The maximum Gasteiger partial charge on any atom is 0.124 e. The van der Waals surface area contributed by atoms with E-state index in [4.69, 9.17) is 0 Å². The number of hydrogen-bond donors (Lipinski definition) is 0. The molecule has 0 N–H and O–H groups in total. The van der Waals surface area contributed by atoms with Crippen molar-refractivity contribution in [2.24, 2.45) is 0 Å². The van der Waals surface area contributed by atoms with Crippen LogP contribution in [0.25, 0.3) is 0 Å². The Balaban J connectivity index is 2.95. The lowest BCUT2D eigenvalue weighted by molar-refractivity contribution is 0.623. The van der Waals surface area contributed by atoms with Crippen LogP contribution < -0.4 is 0 Å². The van der Waals surface area contributed by atoms with E-state index in [1.54, 1.807) is 17.8 Å². The highest BCUT2D eigenvalue weighted by molar-refractivity contribution is 7.99. The fraction of sp³-hybridized carbons (Fsp3) is 0.400. The van der Waals surface area contributed by atoms with E-state index in [0.29, 0.717) is 0 Å². The first-order chi connectivity index (χ1) is 5.77. The fourth-order valence-corrected chi connectivity index (χ4v) is 2.02. The summed E-state index contributed by atoms with van der Waals surface area (Å²) in [6, 6.07) is 5.01. The predicted octanol–water partition coefficient (Wildman–Crippen LogP) is 3.50. The quantitative estimate of drug-likeness (QED) is 0.648.